The number of hydrogen-bond donors (Lipinski definition) is 0. The Bertz CT molecular complexity index is 476. The summed E-state index contributed by atoms with van der Waals surface area (Å²) in [5, 5.41) is 0. The molecule has 2 rings (SSSR count). The minimum Gasteiger partial charge on any atom is -0.462 e. The van der Waals surface area contributed by atoms with Gasteiger partial charge in [-0.3, -0.25) is 0 Å². The van der Waals surface area contributed by atoms with Gasteiger partial charge < -0.3 is 4.74 Å². The third kappa shape index (κ3) is 2.52. The minimum atomic E-state index is -0.596. The Kier molecular flexibility index (Phi) is 3.92. The number of ether oxygens (including phenoxy) is 1. The molecule has 0 radical (unpaired) electrons. The third-order valence-corrected chi connectivity index (χ3v) is 4.13. The summed E-state index contributed by atoms with van der Waals surface area (Å²) < 4.78 is 20.8. The van der Waals surface area contributed by atoms with Crippen LogP contribution in [0.1, 0.15) is 36.7 Å². The molecule has 3 nitrogen and oxygen atoms in total. The summed E-state index contributed by atoms with van der Waals surface area (Å²) in [4.78, 5) is 12.5. The number of benzene rings is 1. The maximum Gasteiger partial charge on any atom is 0.341 e. The number of halogens is 1. The van der Waals surface area contributed by atoms with Crippen molar-refractivity contribution in [3.8, 4) is 0 Å². The van der Waals surface area contributed by atoms with Crippen molar-refractivity contribution in [2.45, 2.75) is 38.3 Å². The highest BCUT2D eigenvalue weighted by atomic mass is 32.2. The lowest BCUT2D eigenvalue weighted by Gasteiger charge is -2.17. The van der Waals surface area contributed by atoms with Crippen molar-refractivity contribution < 1.29 is 13.9 Å². The molecule has 0 atom stereocenters. The summed E-state index contributed by atoms with van der Waals surface area (Å²) in [6, 6.07) is 3.41. The van der Waals surface area contributed by atoms with Crippen molar-refractivity contribution in [3.05, 3.63) is 29.1 Å². The van der Waals surface area contributed by atoms with Gasteiger partial charge in [-0.2, -0.15) is 0 Å². The molecule has 0 fully saturated rings. The van der Waals surface area contributed by atoms with Crippen LogP contribution in [0.5, 0.6) is 0 Å². The van der Waals surface area contributed by atoms with Gasteiger partial charge in [0.15, 0.2) is 0 Å². The van der Waals surface area contributed by atoms with Gasteiger partial charge in [-0.1, -0.05) is 0 Å². The van der Waals surface area contributed by atoms with Crippen LogP contribution in [-0.4, -0.2) is 22.9 Å². The fourth-order valence-electron chi connectivity index (χ4n) is 1.78. The van der Waals surface area contributed by atoms with Crippen LogP contribution in [0.3, 0.4) is 0 Å². The summed E-state index contributed by atoms with van der Waals surface area (Å²) in [5.74, 6) is -1.10. The number of esters is 1. The first-order chi connectivity index (χ1) is 8.52. The number of carbonyl (C=O) groups is 1. The van der Waals surface area contributed by atoms with Gasteiger partial charge in [0.2, 0.25) is 0 Å². The van der Waals surface area contributed by atoms with Crippen molar-refractivity contribution >= 4 is 17.9 Å². The van der Waals surface area contributed by atoms with Gasteiger partial charge in [-0.05, 0) is 50.4 Å². The van der Waals surface area contributed by atoms with E-state index in [2.05, 4.69) is 18.2 Å². The normalized spacial score (nSPS) is 14.9. The van der Waals surface area contributed by atoms with Crippen LogP contribution in [0.25, 0.3) is 0 Å². The second-order valence-electron chi connectivity index (χ2n) is 4.42. The fraction of sp³-hybridized carbons (Fsp3) is 0.462. The molecule has 1 aromatic carbocycles. The van der Waals surface area contributed by atoms with E-state index in [0.29, 0.717) is 12.6 Å². The lowest BCUT2D eigenvalue weighted by atomic mass is 10.1. The average molecular weight is 269 g/mol. The Hall–Kier alpha value is -1.07. The second-order valence-corrected chi connectivity index (χ2v) is 5.51. The lowest BCUT2D eigenvalue weighted by Crippen LogP contribution is -2.18. The first-order valence-electron chi connectivity index (χ1n) is 5.97. The summed E-state index contributed by atoms with van der Waals surface area (Å²) in [6.07, 6.45) is 0. The Morgan fingerprint density at radius 2 is 2.28 bits per heavy atom. The van der Waals surface area contributed by atoms with Crippen LogP contribution < -0.4 is 0 Å². The van der Waals surface area contributed by atoms with Crippen molar-refractivity contribution in [1.29, 1.82) is 0 Å². The molecule has 0 bridgehead atoms. The van der Waals surface area contributed by atoms with Crippen LogP contribution in [0.2, 0.25) is 0 Å². The summed E-state index contributed by atoms with van der Waals surface area (Å²) in [7, 11) is 0. The van der Waals surface area contributed by atoms with Gasteiger partial charge in [0.1, 0.15) is 5.82 Å². The summed E-state index contributed by atoms with van der Waals surface area (Å²) >= 11 is 1.56. The molecule has 18 heavy (non-hydrogen) atoms. The number of nitrogens with zero attached hydrogens (tertiary/aromatic N) is 1. The van der Waals surface area contributed by atoms with Gasteiger partial charge in [-0.15, -0.1) is 0 Å². The van der Waals surface area contributed by atoms with E-state index in [-0.39, 0.29) is 12.2 Å². The Labute approximate surface area is 110 Å². The van der Waals surface area contributed by atoms with Crippen LogP contribution in [0, 0.1) is 5.82 Å². The Balaban J connectivity index is 2.29. The molecule has 1 aromatic rings. The molecule has 0 amide bonds. The molecule has 0 saturated carbocycles. The topological polar surface area (TPSA) is 29.5 Å². The van der Waals surface area contributed by atoms with E-state index < -0.39 is 11.8 Å². The zero-order valence-electron chi connectivity index (χ0n) is 10.7. The molecular weight excluding hydrogens is 253 g/mol. The number of hydrogen-bond acceptors (Lipinski definition) is 4. The van der Waals surface area contributed by atoms with Gasteiger partial charge >= 0.3 is 5.97 Å². The zero-order valence-corrected chi connectivity index (χ0v) is 11.5. The molecular formula is C13H16FNO2S. The van der Waals surface area contributed by atoms with Crippen LogP contribution in [0.4, 0.5) is 4.39 Å². The Morgan fingerprint density at radius 1 is 1.56 bits per heavy atom. The van der Waals surface area contributed by atoms with E-state index in [1.807, 2.05) is 0 Å². The summed E-state index contributed by atoms with van der Waals surface area (Å²) in [5.41, 5.74) is 0.952. The van der Waals surface area contributed by atoms with Crippen molar-refractivity contribution in [2.24, 2.45) is 0 Å². The average Bonchev–Trinajstić information content (AvgIpc) is 2.71. The standard InChI is InChI=1S/C13H16FNO2S/c1-4-17-13(16)10-6-12-9(5-11(10)14)7-15(18-12)8(2)3/h5-6,8H,4,7H2,1-3H3. The highest BCUT2D eigenvalue weighted by Gasteiger charge is 2.26. The van der Waals surface area contributed by atoms with Gasteiger partial charge in [0.25, 0.3) is 0 Å². The first-order valence-corrected chi connectivity index (χ1v) is 6.74. The molecule has 1 heterocycles. The quantitative estimate of drug-likeness (QED) is 0.622. The van der Waals surface area contributed by atoms with E-state index in [1.54, 1.807) is 24.9 Å². The van der Waals surface area contributed by atoms with Gasteiger partial charge in [0.05, 0.1) is 12.2 Å². The highest BCUT2D eigenvalue weighted by molar-refractivity contribution is 7.97. The number of carbonyl (C=O) groups excluding carboxylic acids is 1. The van der Waals surface area contributed by atoms with Gasteiger partial charge in [-0.25, -0.2) is 13.5 Å². The zero-order chi connectivity index (χ0) is 13.3. The molecule has 0 saturated heterocycles. The van der Waals surface area contributed by atoms with Crippen LogP contribution >= 0.6 is 11.9 Å². The van der Waals surface area contributed by atoms with E-state index in [0.717, 1.165) is 10.5 Å². The fourth-order valence-corrected chi connectivity index (χ4v) is 2.86. The molecule has 0 spiro atoms. The predicted octanol–water partition coefficient (Wildman–Crippen LogP) is 3.23. The second kappa shape index (κ2) is 5.28. The first kappa shape index (κ1) is 13.4. The monoisotopic (exact) mass is 269 g/mol. The molecule has 0 aromatic heterocycles. The van der Waals surface area contributed by atoms with Crippen molar-refractivity contribution in [3.63, 3.8) is 0 Å². The molecule has 0 unspecified atom stereocenters. The molecule has 5 heteroatoms. The molecule has 1 aliphatic heterocycles. The van der Waals surface area contributed by atoms with Crippen LogP contribution in [-0.2, 0) is 11.3 Å². The number of rotatable bonds is 3. The molecule has 98 valence electrons. The summed E-state index contributed by atoms with van der Waals surface area (Å²) in [6.45, 7) is 6.83. The van der Waals surface area contributed by atoms with Gasteiger partial charge in [0, 0.05) is 17.5 Å². The van der Waals surface area contributed by atoms with Crippen LogP contribution in [0.15, 0.2) is 17.0 Å². The SMILES string of the molecule is CCOC(=O)c1cc2c(cc1F)CN(C(C)C)S2. The molecule has 1 aliphatic rings. The predicted molar refractivity (Wildman–Crippen MR) is 68.9 cm³/mol. The third-order valence-electron chi connectivity index (χ3n) is 2.76. The van der Waals surface area contributed by atoms with E-state index in [9.17, 15) is 9.18 Å². The minimum absolute atomic E-state index is 0.0220. The maximum atomic E-state index is 13.8. The largest absolute Gasteiger partial charge is 0.462 e. The number of fused-ring (bicyclic) bond motifs is 1. The highest BCUT2D eigenvalue weighted by Crippen LogP contribution is 2.38. The van der Waals surface area contributed by atoms with Crippen molar-refractivity contribution in [2.75, 3.05) is 6.61 Å². The molecule has 0 aliphatic carbocycles. The van der Waals surface area contributed by atoms with E-state index >= 15 is 0 Å². The molecule has 0 N–H and O–H groups in total. The maximum absolute atomic E-state index is 13.8. The Morgan fingerprint density at radius 3 is 2.89 bits per heavy atom. The lowest BCUT2D eigenvalue weighted by molar-refractivity contribution is 0.0520. The van der Waals surface area contributed by atoms with Crippen molar-refractivity contribution in [1.82, 2.24) is 4.31 Å². The van der Waals surface area contributed by atoms with E-state index in [1.165, 1.54) is 6.07 Å². The smallest absolute Gasteiger partial charge is 0.341 e. The van der Waals surface area contributed by atoms with E-state index in [4.69, 9.17) is 4.74 Å².